The highest BCUT2D eigenvalue weighted by atomic mass is 16.5. The molecular formula is C17H22N2O2. The van der Waals surface area contributed by atoms with E-state index in [2.05, 4.69) is 11.9 Å². The van der Waals surface area contributed by atoms with Crippen LogP contribution in [0, 0.1) is 0 Å². The lowest BCUT2D eigenvalue weighted by atomic mass is 10.1. The van der Waals surface area contributed by atoms with Crippen molar-refractivity contribution in [3.63, 3.8) is 0 Å². The fraction of sp³-hybridized carbons (Fsp3) is 0.353. The molecule has 0 fully saturated rings. The molecule has 0 saturated heterocycles. The van der Waals surface area contributed by atoms with E-state index in [4.69, 9.17) is 15.2 Å². The zero-order valence-corrected chi connectivity index (χ0v) is 12.6. The summed E-state index contributed by atoms with van der Waals surface area (Å²) in [4.78, 5) is 4.52. The molecule has 0 aliphatic heterocycles. The van der Waals surface area contributed by atoms with Gasteiger partial charge in [0.2, 0.25) is 5.88 Å². The summed E-state index contributed by atoms with van der Waals surface area (Å²) in [6.07, 6.45) is 1.96. The van der Waals surface area contributed by atoms with Gasteiger partial charge in [0.1, 0.15) is 11.5 Å². The summed E-state index contributed by atoms with van der Waals surface area (Å²) in [5, 5.41) is 0. The van der Waals surface area contributed by atoms with Crippen LogP contribution in [0.2, 0.25) is 0 Å². The number of hydrogen-bond donors (Lipinski definition) is 1. The van der Waals surface area contributed by atoms with Crippen molar-refractivity contribution in [2.24, 2.45) is 5.73 Å². The third-order valence-electron chi connectivity index (χ3n) is 3.00. The Labute approximate surface area is 125 Å². The zero-order valence-electron chi connectivity index (χ0n) is 12.6. The summed E-state index contributed by atoms with van der Waals surface area (Å²) >= 11 is 0. The summed E-state index contributed by atoms with van der Waals surface area (Å²) in [6.45, 7) is 5.19. The zero-order chi connectivity index (χ0) is 15.1. The molecule has 0 amide bonds. The van der Waals surface area contributed by atoms with Crippen molar-refractivity contribution in [3.05, 3.63) is 47.7 Å². The number of ether oxygens (including phenoxy) is 2. The Kier molecular flexibility index (Phi) is 5.58. The molecule has 0 unspecified atom stereocenters. The van der Waals surface area contributed by atoms with E-state index in [1.807, 2.05) is 43.3 Å². The van der Waals surface area contributed by atoms with E-state index < -0.39 is 0 Å². The third-order valence-corrected chi connectivity index (χ3v) is 3.00. The molecule has 0 aliphatic rings. The topological polar surface area (TPSA) is 57.4 Å². The number of benzene rings is 1. The summed E-state index contributed by atoms with van der Waals surface area (Å²) in [5.74, 6) is 2.08. The number of hydrogen-bond acceptors (Lipinski definition) is 4. The quantitative estimate of drug-likeness (QED) is 0.843. The minimum Gasteiger partial charge on any atom is -0.494 e. The lowest BCUT2D eigenvalue weighted by molar-refractivity contribution is 0.338. The van der Waals surface area contributed by atoms with Crippen LogP contribution in [0.4, 0.5) is 0 Å². The first-order valence-electron chi connectivity index (χ1n) is 7.35. The van der Waals surface area contributed by atoms with Crippen LogP contribution in [0.15, 0.2) is 36.4 Å². The summed E-state index contributed by atoms with van der Waals surface area (Å²) < 4.78 is 11.3. The third kappa shape index (κ3) is 4.46. The van der Waals surface area contributed by atoms with Crippen molar-refractivity contribution in [2.75, 3.05) is 6.61 Å². The normalized spacial score (nSPS) is 10.4. The number of pyridine rings is 1. The monoisotopic (exact) mass is 286 g/mol. The SMILES string of the molecule is CCCc1cc(CN)cc(Oc2cccc(OCC)c2)n1. The average Bonchev–Trinajstić information content (AvgIpc) is 2.48. The van der Waals surface area contributed by atoms with Gasteiger partial charge in [-0.3, -0.25) is 0 Å². The highest BCUT2D eigenvalue weighted by Crippen LogP contribution is 2.25. The Hall–Kier alpha value is -2.07. The molecule has 2 aromatic rings. The van der Waals surface area contributed by atoms with Gasteiger partial charge in [-0.1, -0.05) is 19.4 Å². The maximum atomic E-state index is 5.85. The van der Waals surface area contributed by atoms with E-state index in [-0.39, 0.29) is 0 Å². The fourth-order valence-corrected chi connectivity index (χ4v) is 2.09. The first-order valence-corrected chi connectivity index (χ1v) is 7.35. The second kappa shape index (κ2) is 7.64. The van der Waals surface area contributed by atoms with Crippen LogP contribution in [0.3, 0.4) is 0 Å². The molecule has 0 bridgehead atoms. The molecule has 0 radical (unpaired) electrons. The lowest BCUT2D eigenvalue weighted by Gasteiger charge is -2.10. The number of nitrogens with two attached hydrogens (primary N) is 1. The van der Waals surface area contributed by atoms with Gasteiger partial charge in [-0.2, -0.15) is 0 Å². The van der Waals surface area contributed by atoms with Gasteiger partial charge in [0.15, 0.2) is 0 Å². The summed E-state index contributed by atoms with van der Waals surface area (Å²) in [6, 6.07) is 11.5. The van der Waals surface area contributed by atoms with Crippen LogP contribution < -0.4 is 15.2 Å². The number of nitrogens with zero attached hydrogens (tertiary/aromatic N) is 1. The Balaban J connectivity index is 2.21. The lowest BCUT2D eigenvalue weighted by Crippen LogP contribution is -2.01. The van der Waals surface area contributed by atoms with Gasteiger partial charge in [0.25, 0.3) is 0 Å². The van der Waals surface area contributed by atoms with Crippen LogP contribution in [-0.2, 0) is 13.0 Å². The van der Waals surface area contributed by atoms with Gasteiger partial charge < -0.3 is 15.2 Å². The minimum atomic E-state index is 0.481. The Morgan fingerprint density at radius 3 is 2.62 bits per heavy atom. The predicted octanol–water partition coefficient (Wildman–Crippen LogP) is 3.68. The number of aryl methyl sites for hydroxylation is 1. The molecule has 0 aliphatic carbocycles. The standard InChI is InChI=1S/C17H22N2O2/c1-3-6-14-9-13(12-18)10-17(19-14)21-16-8-5-7-15(11-16)20-4-2/h5,7-11H,3-4,6,12,18H2,1-2H3. The first kappa shape index (κ1) is 15.3. The highest BCUT2D eigenvalue weighted by molar-refractivity contribution is 5.36. The Morgan fingerprint density at radius 2 is 1.90 bits per heavy atom. The van der Waals surface area contributed by atoms with Gasteiger partial charge >= 0.3 is 0 Å². The van der Waals surface area contributed by atoms with Crippen molar-refractivity contribution in [2.45, 2.75) is 33.2 Å². The maximum Gasteiger partial charge on any atom is 0.219 e. The van der Waals surface area contributed by atoms with Gasteiger partial charge in [-0.15, -0.1) is 0 Å². The van der Waals surface area contributed by atoms with E-state index in [1.165, 1.54) is 0 Å². The average molecular weight is 286 g/mol. The van der Waals surface area contributed by atoms with Gasteiger partial charge in [-0.25, -0.2) is 4.98 Å². The predicted molar refractivity (Wildman–Crippen MR) is 83.8 cm³/mol. The van der Waals surface area contributed by atoms with Crippen LogP contribution in [0.1, 0.15) is 31.5 Å². The van der Waals surface area contributed by atoms with Crippen LogP contribution in [-0.4, -0.2) is 11.6 Å². The molecule has 1 heterocycles. The van der Waals surface area contributed by atoms with E-state index >= 15 is 0 Å². The van der Waals surface area contributed by atoms with Crippen LogP contribution in [0.5, 0.6) is 17.4 Å². The molecule has 0 atom stereocenters. The van der Waals surface area contributed by atoms with E-state index in [9.17, 15) is 0 Å². The van der Waals surface area contributed by atoms with Crippen LogP contribution >= 0.6 is 0 Å². The van der Waals surface area contributed by atoms with Gasteiger partial charge in [-0.05, 0) is 37.1 Å². The smallest absolute Gasteiger partial charge is 0.219 e. The minimum absolute atomic E-state index is 0.481. The summed E-state index contributed by atoms with van der Waals surface area (Å²) in [7, 11) is 0. The second-order valence-corrected chi connectivity index (χ2v) is 4.77. The van der Waals surface area contributed by atoms with Crippen molar-refractivity contribution >= 4 is 0 Å². The number of rotatable bonds is 7. The largest absolute Gasteiger partial charge is 0.494 e. The van der Waals surface area contributed by atoms with E-state index in [1.54, 1.807) is 0 Å². The van der Waals surface area contributed by atoms with E-state index in [0.717, 1.165) is 29.8 Å². The van der Waals surface area contributed by atoms with E-state index in [0.29, 0.717) is 24.8 Å². The molecule has 1 aromatic heterocycles. The molecular weight excluding hydrogens is 264 g/mol. The molecule has 0 spiro atoms. The van der Waals surface area contributed by atoms with Crippen molar-refractivity contribution in [3.8, 4) is 17.4 Å². The molecule has 2 N–H and O–H groups in total. The van der Waals surface area contributed by atoms with Gasteiger partial charge in [0, 0.05) is 24.4 Å². The second-order valence-electron chi connectivity index (χ2n) is 4.77. The first-order chi connectivity index (χ1) is 10.2. The molecule has 112 valence electrons. The molecule has 4 nitrogen and oxygen atoms in total. The molecule has 1 aromatic carbocycles. The maximum absolute atomic E-state index is 5.85. The van der Waals surface area contributed by atoms with Crippen molar-refractivity contribution in [1.82, 2.24) is 4.98 Å². The van der Waals surface area contributed by atoms with Gasteiger partial charge in [0.05, 0.1) is 6.61 Å². The molecule has 2 rings (SSSR count). The molecule has 0 saturated carbocycles. The molecule has 21 heavy (non-hydrogen) atoms. The van der Waals surface area contributed by atoms with Crippen molar-refractivity contribution in [1.29, 1.82) is 0 Å². The van der Waals surface area contributed by atoms with Crippen LogP contribution in [0.25, 0.3) is 0 Å². The molecule has 4 heteroatoms. The highest BCUT2D eigenvalue weighted by Gasteiger charge is 2.05. The Bertz CT molecular complexity index is 585. The Morgan fingerprint density at radius 1 is 1.10 bits per heavy atom. The number of aromatic nitrogens is 1. The summed E-state index contributed by atoms with van der Waals surface area (Å²) in [5.41, 5.74) is 7.78. The van der Waals surface area contributed by atoms with Crippen molar-refractivity contribution < 1.29 is 9.47 Å². The fourth-order valence-electron chi connectivity index (χ4n) is 2.09.